The minimum Gasteiger partial charge on any atom is -0.425 e. The Bertz CT molecular complexity index is 636. The number of rotatable bonds is 5. The molecular formula is C17H17N3O2. The number of hydrogen-bond acceptors (Lipinski definition) is 4. The SMILES string of the molecule is N#CN=C(Oc1ccccc1)N(CCCO)c1ccccc1. The molecule has 0 spiro atoms. The van der Waals surface area contributed by atoms with Gasteiger partial charge in [-0.2, -0.15) is 5.26 Å². The summed E-state index contributed by atoms with van der Waals surface area (Å²) in [4.78, 5) is 5.56. The number of aliphatic hydroxyl groups excluding tert-OH is 1. The monoisotopic (exact) mass is 295 g/mol. The summed E-state index contributed by atoms with van der Waals surface area (Å²) in [6.07, 6.45) is 2.31. The summed E-state index contributed by atoms with van der Waals surface area (Å²) in [5.74, 6) is 0.599. The Balaban J connectivity index is 2.29. The van der Waals surface area contributed by atoms with Gasteiger partial charge in [0.25, 0.3) is 0 Å². The lowest BCUT2D eigenvalue weighted by atomic mass is 10.3. The Morgan fingerprint density at radius 2 is 1.73 bits per heavy atom. The number of nitriles is 1. The number of para-hydroxylation sites is 2. The molecule has 0 aromatic heterocycles. The van der Waals surface area contributed by atoms with Crippen molar-refractivity contribution in [3.63, 3.8) is 0 Å². The first-order valence-corrected chi connectivity index (χ1v) is 6.98. The first-order chi connectivity index (χ1) is 10.8. The summed E-state index contributed by atoms with van der Waals surface area (Å²) in [6.45, 7) is 0.544. The maximum absolute atomic E-state index is 9.09. The molecule has 0 aliphatic carbocycles. The van der Waals surface area contributed by atoms with Crippen LogP contribution in [-0.4, -0.2) is 24.3 Å². The third kappa shape index (κ3) is 4.33. The molecule has 5 heteroatoms. The van der Waals surface area contributed by atoms with Crippen LogP contribution >= 0.6 is 0 Å². The number of aliphatic imine (C=N–C) groups is 1. The quantitative estimate of drug-likeness (QED) is 0.523. The van der Waals surface area contributed by atoms with Crippen molar-refractivity contribution in [3.8, 4) is 11.9 Å². The lowest BCUT2D eigenvalue weighted by Gasteiger charge is -2.24. The van der Waals surface area contributed by atoms with Crippen molar-refractivity contribution in [2.75, 3.05) is 18.1 Å². The van der Waals surface area contributed by atoms with Crippen LogP contribution in [0.25, 0.3) is 0 Å². The van der Waals surface area contributed by atoms with E-state index in [1.807, 2.05) is 48.5 Å². The van der Waals surface area contributed by atoms with E-state index in [2.05, 4.69) is 4.99 Å². The molecule has 112 valence electrons. The summed E-state index contributed by atoms with van der Waals surface area (Å²) in [7, 11) is 0. The average Bonchev–Trinajstić information content (AvgIpc) is 2.57. The van der Waals surface area contributed by atoms with E-state index in [1.54, 1.807) is 23.2 Å². The van der Waals surface area contributed by atoms with Crippen LogP contribution in [0.4, 0.5) is 5.69 Å². The van der Waals surface area contributed by atoms with Gasteiger partial charge in [-0.05, 0) is 30.7 Å². The molecule has 0 fully saturated rings. The van der Waals surface area contributed by atoms with Crippen LogP contribution < -0.4 is 9.64 Å². The van der Waals surface area contributed by atoms with E-state index in [9.17, 15) is 0 Å². The second-order valence-corrected chi connectivity index (χ2v) is 4.47. The van der Waals surface area contributed by atoms with Crippen molar-refractivity contribution in [3.05, 3.63) is 60.7 Å². The Morgan fingerprint density at radius 3 is 2.32 bits per heavy atom. The molecule has 0 amide bonds. The molecule has 0 saturated carbocycles. The second kappa shape index (κ2) is 8.45. The number of aliphatic hydroxyl groups is 1. The predicted molar refractivity (Wildman–Crippen MR) is 85.6 cm³/mol. The van der Waals surface area contributed by atoms with E-state index >= 15 is 0 Å². The molecule has 5 nitrogen and oxygen atoms in total. The van der Waals surface area contributed by atoms with E-state index in [1.165, 1.54) is 0 Å². The molecule has 0 bridgehead atoms. The first kappa shape index (κ1) is 15.5. The maximum Gasteiger partial charge on any atom is 0.312 e. The van der Waals surface area contributed by atoms with Gasteiger partial charge < -0.3 is 9.84 Å². The van der Waals surface area contributed by atoms with Crippen molar-refractivity contribution >= 4 is 11.7 Å². The molecule has 2 aromatic carbocycles. The van der Waals surface area contributed by atoms with E-state index < -0.39 is 0 Å². The number of nitrogens with zero attached hydrogens (tertiary/aromatic N) is 3. The van der Waals surface area contributed by atoms with Gasteiger partial charge in [-0.1, -0.05) is 36.4 Å². The van der Waals surface area contributed by atoms with Crippen molar-refractivity contribution in [1.29, 1.82) is 5.26 Å². The molecule has 1 N–H and O–H groups in total. The first-order valence-electron chi connectivity index (χ1n) is 6.98. The van der Waals surface area contributed by atoms with Crippen LogP contribution in [0, 0.1) is 11.5 Å². The zero-order valence-electron chi connectivity index (χ0n) is 12.1. The predicted octanol–water partition coefficient (Wildman–Crippen LogP) is 2.79. The van der Waals surface area contributed by atoms with Gasteiger partial charge in [0.1, 0.15) is 5.75 Å². The third-order valence-corrected chi connectivity index (χ3v) is 2.94. The highest BCUT2D eigenvalue weighted by Crippen LogP contribution is 2.17. The minimum atomic E-state index is 0.0501. The van der Waals surface area contributed by atoms with Crippen LogP contribution in [0.15, 0.2) is 65.7 Å². The Labute approximate surface area is 129 Å². The lowest BCUT2D eigenvalue weighted by Crippen LogP contribution is -2.36. The summed E-state index contributed by atoms with van der Waals surface area (Å²) in [5.41, 5.74) is 0.848. The number of benzene rings is 2. The van der Waals surface area contributed by atoms with Gasteiger partial charge in [0.15, 0.2) is 0 Å². The highest BCUT2D eigenvalue weighted by molar-refractivity contribution is 5.93. The fourth-order valence-electron chi connectivity index (χ4n) is 1.95. The largest absolute Gasteiger partial charge is 0.425 e. The van der Waals surface area contributed by atoms with Gasteiger partial charge in [0.05, 0.1) is 0 Å². The summed E-state index contributed by atoms with van der Waals surface area (Å²) in [5, 5.41) is 18.0. The number of amidine groups is 1. The molecule has 0 radical (unpaired) electrons. The van der Waals surface area contributed by atoms with Gasteiger partial charge >= 0.3 is 6.02 Å². The van der Waals surface area contributed by atoms with Gasteiger partial charge in [-0.15, -0.1) is 4.99 Å². The van der Waals surface area contributed by atoms with Gasteiger partial charge in [0.2, 0.25) is 6.19 Å². The van der Waals surface area contributed by atoms with Crippen LogP contribution in [-0.2, 0) is 0 Å². The van der Waals surface area contributed by atoms with Crippen LogP contribution in [0.3, 0.4) is 0 Å². The van der Waals surface area contributed by atoms with Gasteiger partial charge in [-0.25, -0.2) is 0 Å². The Morgan fingerprint density at radius 1 is 1.09 bits per heavy atom. The molecule has 2 rings (SSSR count). The Hall–Kier alpha value is -2.84. The summed E-state index contributed by atoms with van der Waals surface area (Å²) >= 11 is 0. The van der Waals surface area contributed by atoms with Crippen molar-refractivity contribution < 1.29 is 9.84 Å². The topological polar surface area (TPSA) is 68.8 Å². The maximum atomic E-state index is 9.09. The van der Waals surface area contributed by atoms with E-state index in [0.717, 1.165) is 5.69 Å². The van der Waals surface area contributed by atoms with Gasteiger partial charge in [0, 0.05) is 18.8 Å². The molecular weight excluding hydrogens is 278 g/mol. The van der Waals surface area contributed by atoms with E-state index in [0.29, 0.717) is 18.7 Å². The lowest BCUT2D eigenvalue weighted by molar-refractivity contribution is 0.290. The molecule has 0 heterocycles. The molecule has 0 atom stereocenters. The number of ether oxygens (including phenoxy) is 1. The summed E-state index contributed by atoms with van der Waals surface area (Å²) in [6, 6.07) is 18.9. The molecule has 0 aliphatic rings. The highest BCUT2D eigenvalue weighted by Gasteiger charge is 2.16. The number of anilines is 1. The fraction of sp³-hybridized carbons (Fsp3) is 0.176. The molecule has 0 aliphatic heterocycles. The van der Waals surface area contributed by atoms with Crippen molar-refractivity contribution in [2.24, 2.45) is 4.99 Å². The summed E-state index contributed by atoms with van der Waals surface area (Å²) < 4.78 is 5.74. The van der Waals surface area contributed by atoms with E-state index in [4.69, 9.17) is 15.1 Å². The smallest absolute Gasteiger partial charge is 0.312 e. The normalized spacial score (nSPS) is 10.8. The highest BCUT2D eigenvalue weighted by atomic mass is 16.5. The molecule has 2 aromatic rings. The van der Waals surface area contributed by atoms with Crippen LogP contribution in [0.1, 0.15) is 6.42 Å². The second-order valence-electron chi connectivity index (χ2n) is 4.47. The zero-order valence-corrected chi connectivity index (χ0v) is 12.1. The van der Waals surface area contributed by atoms with Crippen molar-refractivity contribution in [2.45, 2.75) is 6.42 Å². The number of hydrogen-bond donors (Lipinski definition) is 1. The minimum absolute atomic E-state index is 0.0501. The zero-order chi connectivity index (χ0) is 15.6. The van der Waals surface area contributed by atoms with Crippen LogP contribution in [0.2, 0.25) is 0 Å². The molecule has 0 unspecified atom stereocenters. The van der Waals surface area contributed by atoms with Gasteiger partial charge in [-0.3, -0.25) is 4.90 Å². The van der Waals surface area contributed by atoms with E-state index in [-0.39, 0.29) is 12.6 Å². The Kier molecular flexibility index (Phi) is 5.97. The average molecular weight is 295 g/mol. The standard InChI is InChI=1S/C17H17N3O2/c18-14-19-17(22-16-10-5-2-6-11-16)20(12-7-13-21)15-8-3-1-4-9-15/h1-6,8-11,21H,7,12-13H2. The molecule has 22 heavy (non-hydrogen) atoms. The third-order valence-electron chi connectivity index (χ3n) is 2.94. The van der Waals surface area contributed by atoms with Crippen molar-refractivity contribution in [1.82, 2.24) is 0 Å². The van der Waals surface area contributed by atoms with Crippen LogP contribution in [0.5, 0.6) is 5.75 Å². The molecule has 0 saturated heterocycles. The fourth-order valence-corrected chi connectivity index (χ4v) is 1.95.